The van der Waals surface area contributed by atoms with Gasteiger partial charge >= 0.3 is 11.9 Å². The van der Waals surface area contributed by atoms with E-state index in [1.54, 1.807) is 24.4 Å². The van der Waals surface area contributed by atoms with Crippen LogP contribution in [0.4, 0.5) is 0 Å². The topological polar surface area (TPSA) is 91.8 Å². The molecule has 0 aliphatic heterocycles. The number of benzene rings is 3. The average Bonchev–Trinajstić information content (AvgIpc) is 3.09. The second kappa shape index (κ2) is 17.7. The molecule has 0 aliphatic carbocycles. The van der Waals surface area contributed by atoms with Crippen LogP contribution in [-0.4, -0.2) is 31.0 Å². The van der Waals surface area contributed by atoms with Gasteiger partial charge < -0.3 is 13.9 Å². The van der Waals surface area contributed by atoms with Gasteiger partial charge in [-0.05, 0) is 52.5 Å². The van der Waals surface area contributed by atoms with Crippen molar-refractivity contribution in [1.82, 2.24) is 4.98 Å². The van der Waals surface area contributed by atoms with E-state index in [4.69, 9.17) is 13.9 Å². The molecule has 8 heteroatoms. The van der Waals surface area contributed by atoms with Crippen molar-refractivity contribution < 1.29 is 28.3 Å². The molecular formula is C41H47NO6Si. The van der Waals surface area contributed by atoms with E-state index in [1.807, 2.05) is 91.0 Å². The van der Waals surface area contributed by atoms with Crippen LogP contribution < -0.4 is 0 Å². The highest BCUT2D eigenvalue weighted by atomic mass is 28.4. The van der Waals surface area contributed by atoms with Crippen LogP contribution in [0.1, 0.15) is 61.2 Å². The Morgan fingerprint density at radius 3 is 1.80 bits per heavy atom. The van der Waals surface area contributed by atoms with Gasteiger partial charge in [0.2, 0.25) is 0 Å². The number of carbonyl (C=O) groups is 3. The predicted molar refractivity (Wildman–Crippen MR) is 194 cm³/mol. The summed E-state index contributed by atoms with van der Waals surface area (Å²) in [6.45, 7) is 11.3. The first-order valence-corrected chi connectivity index (χ1v) is 19.6. The van der Waals surface area contributed by atoms with Crippen molar-refractivity contribution in [3.05, 3.63) is 149 Å². The molecule has 3 aromatic carbocycles. The zero-order valence-corrected chi connectivity index (χ0v) is 30.1. The number of ketones is 1. The summed E-state index contributed by atoms with van der Waals surface area (Å²) in [5.74, 6) is -1.33. The third-order valence-electron chi connectivity index (χ3n) is 8.75. The van der Waals surface area contributed by atoms with Crippen molar-refractivity contribution in [3.63, 3.8) is 0 Å². The smallest absolute Gasteiger partial charge is 0.312 e. The van der Waals surface area contributed by atoms with Crippen LogP contribution in [0.25, 0.3) is 0 Å². The maximum absolute atomic E-state index is 13.3. The van der Waals surface area contributed by atoms with Gasteiger partial charge in [-0.25, -0.2) is 0 Å². The summed E-state index contributed by atoms with van der Waals surface area (Å²) >= 11 is 0. The van der Waals surface area contributed by atoms with Gasteiger partial charge in [0.25, 0.3) is 0 Å². The largest absolute Gasteiger partial charge is 0.461 e. The lowest BCUT2D eigenvalue weighted by Gasteiger charge is -2.41. The van der Waals surface area contributed by atoms with Crippen LogP contribution in [0, 0.1) is 5.92 Å². The third kappa shape index (κ3) is 12.1. The Morgan fingerprint density at radius 1 is 0.714 bits per heavy atom. The van der Waals surface area contributed by atoms with Crippen molar-refractivity contribution in [2.75, 3.05) is 0 Å². The van der Waals surface area contributed by atoms with E-state index in [0.717, 1.165) is 16.7 Å². The number of hydrogen-bond acceptors (Lipinski definition) is 7. The monoisotopic (exact) mass is 677 g/mol. The van der Waals surface area contributed by atoms with E-state index >= 15 is 0 Å². The summed E-state index contributed by atoms with van der Waals surface area (Å²) in [6.07, 6.45) is 4.68. The molecule has 4 rings (SSSR count). The number of rotatable bonds is 16. The fourth-order valence-electron chi connectivity index (χ4n) is 4.90. The second-order valence-electron chi connectivity index (χ2n) is 13.7. The van der Waals surface area contributed by atoms with Gasteiger partial charge in [-0.3, -0.25) is 19.4 Å². The summed E-state index contributed by atoms with van der Waals surface area (Å²) in [5.41, 5.74) is 4.03. The van der Waals surface area contributed by atoms with Crippen molar-refractivity contribution >= 4 is 26.0 Å². The number of allylic oxidation sites excluding steroid dienone is 1. The second-order valence-corrected chi connectivity index (χ2v) is 18.5. The van der Waals surface area contributed by atoms with Crippen LogP contribution in [0.2, 0.25) is 18.1 Å². The SMILES string of the molecule is CC(C)(C)[Si](C)(C)O[C@H](c1ccccc1)[C@@H](/C=C/C(=O)Cc1ccc(CC(=O)OCc2ccccc2)nc1)CC(=O)OCc1ccccc1. The molecule has 0 bridgehead atoms. The quantitative estimate of drug-likeness (QED) is 0.0667. The number of nitrogens with zero attached hydrogens (tertiary/aromatic N) is 1. The normalized spacial score (nSPS) is 13.1. The lowest BCUT2D eigenvalue weighted by atomic mass is 9.92. The third-order valence-corrected chi connectivity index (χ3v) is 13.2. The lowest BCUT2D eigenvalue weighted by Crippen LogP contribution is -2.43. The summed E-state index contributed by atoms with van der Waals surface area (Å²) in [7, 11) is -2.31. The van der Waals surface area contributed by atoms with Crippen LogP contribution in [0.5, 0.6) is 0 Å². The molecule has 2 atom stereocenters. The minimum atomic E-state index is -2.31. The van der Waals surface area contributed by atoms with Crippen molar-refractivity contribution in [2.45, 2.75) is 77.5 Å². The Hall–Kier alpha value is -4.66. The van der Waals surface area contributed by atoms with E-state index in [1.165, 1.54) is 6.08 Å². The number of esters is 2. The molecule has 0 saturated heterocycles. The molecule has 7 nitrogen and oxygen atoms in total. The highest BCUT2D eigenvalue weighted by Crippen LogP contribution is 2.42. The van der Waals surface area contributed by atoms with Gasteiger partial charge in [-0.2, -0.15) is 0 Å². The number of aromatic nitrogens is 1. The number of ether oxygens (including phenoxy) is 2. The molecular weight excluding hydrogens is 631 g/mol. The summed E-state index contributed by atoms with van der Waals surface area (Å²) in [5, 5.41) is -0.0737. The molecule has 0 aliphatic rings. The first-order valence-electron chi connectivity index (χ1n) is 16.7. The number of hydrogen-bond donors (Lipinski definition) is 0. The molecule has 0 fully saturated rings. The van der Waals surface area contributed by atoms with Crippen LogP contribution >= 0.6 is 0 Å². The molecule has 49 heavy (non-hydrogen) atoms. The van der Waals surface area contributed by atoms with Crippen molar-refractivity contribution in [2.24, 2.45) is 5.92 Å². The van der Waals surface area contributed by atoms with E-state index in [2.05, 4.69) is 38.8 Å². The van der Waals surface area contributed by atoms with Gasteiger partial charge in [-0.1, -0.05) is 124 Å². The average molecular weight is 678 g/mol. The predicted octanol–water partition coefficient (Wildman–Crippen LogP) is 8.55. The van der Waals surface area contributed by atoms with Gasteiger partial charge in [0.05, 0.1) is 24.6 Å². The fourth-order valence-corrected chi connectivity index (χ4v) is 6.20. The minimum Gasteiger partial charge on any atom is -0.461 e. The number of carbonyl (C=O) groups excluding carboxylic acids is 3. The van der Waals surface area contributed by atoms with Gasteiger partial charge in [0.15, 0.2) is 14.1 Å². The maximum atomic E-state index is 13.3. The van der Waals surface area contributed by atoms with E-state index < -0.39 is 20.3 Å². The zero-order chi connectivity index (χ0) is 35.3. The Labute approximate surface area is 291 Å². The lowest BCUT2D eigenvalue weighted by molar-refractivity contribution is -0.146. The van der Waals surface area contributed by atoms with E-state index in [-0.39, 0.29) is 55.2 Å². The van der Waals surface area contributed by atoms with Crippen molar-refractivity contribution in [1.29, 1.82) is 0 Å². The summed E-state index contributed by atoms with van der Waals surface area (Å²) in [6, 6.07) is 32.4. The molecule has 1 heterocycles. The standard InChI is InChI=1S/C41H47NO6Si/c1-41(2,3)49(4,5)48-40(34-19-13-8-14-20-34)35(26-38(44)46-29-31-15-9-6-10-16-31)22-24-37(43)25-33-21-23-36(42-28-33)27-39(45)47-30-32-17-11-7-12-18-32/h6-24,28,35,40H,25-27,29-30H2,1-5H3/b24-22+/t35-,40+/m0/s1. The zero-order valence-electron chi connectivity index (χ0n) is 29.1. The van der Waals surface area contributed by atoms with Gasteiger partial charge in [0.1, 0.15) is 13.2 Å². The Bertz CT molecular complexity index is 1670. The van der Waals surface area contributed by atoms with Gasteiger partial charge in [0, 0.05) is 18.5 Å². The highest BCUT2D eigenvalue weighted by Gasteiger charge is 2.41. The molecule has 0 amide bonds. The molecule has 0 saturated carbocycles. The first kappa shape index (κ1) is 37.2. The summed E-state index contributed by atoms with van der Waals surface area (Å²) in [4.78, 5) is 43.2. The van der Waals surface area contributed by atoms with E-state index in [0.29, 0.717) is 11.3 Å². The molecule has 0 radical (unpaired) electrons. The van der Waals surface area contributed by atoms with Crippen molar-refractivity contribution in [3.8, 4) is 0 Å². The Kier molecular flexibility index (Phi) is 13.4. The van der Waals surface area contributed by atoms with Gasteiger partial charge in [-0.15, -0.1) is 0 Å². The molecule has 0 N–H and O–H groups in total. The van der Waals surface area contributed by atoms with Crippen LogP contribution in [0.3, 0.4) is 0 Å². The molecule has 0 unspecified atom stereocenters. The Morgan fingerprint density at radius 2 is 1.27 bits per heavy atom. The highest BCUT2D eigenvalue weighted by molar-refractivity contribution is 6.74. The van der Waals surface area contributed by atoms with E-state index in [9.17, 15) is 14.4 Å². The summed E-state index contributed by atoms with van der Waals surface area (Å²) < 4.78 is 18.0. The maximum Gasteiger partial charge on any atom is 0.312 e. The molecule has 256 valence electrons. The Balaban J connectivity index is 1.46. The fraction of sp³-hybridized carbons (Fsp3) is 0.317. The van der Waals surface area contributed by atoms with Crippen LogP contribution in [0.15, 0.2) is 121 Å². The molecule has 1 aromatic heterocycles. The minimum absolute atomic E-state index is 0.0398. The van der Waals surface area contributed by atoms with Crippen LogP contribution in [-0.2, 0) is 54.3 Å². The molecule has 0 spiro atoms. The number of pyridine rings is 1. The molecule has 4 aromatic rings. The first-order chi connectivity index (χ1) is 23.4.